The molecule has 23 heavy (non-hydrogen) atoms. The van der Waals surface area contributed by atoms with Crippen LogP contribution in [0.2, 0.25) is 0 Å². The number of hydrogen-bond acceptors (Lipinski definition) is 3. The highest BCUT2D eigenvalue weighted by Crippen LogP contribution is 2.16. The van der Waals surface area contributed by atoms with Crippen molar-refractivity contribution in [3.8, 4) is 0 Å². The summed E-state index contributed by atoms with van der Waals surface area (Å²) >= 11 is 0. The van der Waals surface area contributed by atoms with E-state index in [0.717, 1.165) is 11.1 Å². The molecule has 3 amide bonds. The van der Waals surface area contributed by atoms with Gasteiger partial charge in [0.15, 0.2) is 0 Å². The first kappa shape index (κ1) is 16.2. The van der Waals surface area contributed by atoms with Crippen LogP contribution in [0.3, 0.4) is 0 Å². The van der Waals surface area contributed by atoms with E-state index in [2.05, 4.69) is 10.6 Å². The molecule has 0 radical (unpaired) electrons. The molecule has 0 saturated heterocycles. The van der Waals surface area contributed by atoms with Gasteiger partial charge in [-0.05, 0) is 55.3 Å². The first-order chi connectivity index (χ1) is 10.9. The summed E-state index contributed by atoms with van der Waals surface area (Å²) in [5.74, 6) is -2.12. The Labute approximate surface area is 133 Å². The van der Waals surface area contributed by atoms with Crippen molar-refractivity contribution in [2.24, 2.45) is 5.73 Å². The molecule has 0 atom stereocenters. The fourth-order valence-electron chi connectivity index (χ4n) is 1.96. The molecule has 118 valence electrons. The zero-order valence-electron chi connectivity index (χ0n) is 12.8. The normalized spacial score (nSPS) is 10.0. The molecule has 0 aromatic heterocycles. The molecular formula is C17H17N3O3. The van der Waals surface area contributed by atoms with Crippen LogP contribution in [-0.4, -0.2) is 17.7 Å². The van der Waals surface area contributed by atoms with Crippen molar-refractivity contribution in [2.45, 2.75) is 13.8 Å². The number of hydrogen-bond donors (Lipinski definition) is 3. The summed E-state index contributed by atoms with van der Waals surface area (Å²) in [5, 5.41) is 5.03. The van der Waals surface area contributed by atoms with Crippen LogP contribution in [0.5, 0.6) is 0 Å². The van der Waals surface area contributed by atoms with E-state index in [0.29, 0.717) is 16.9 Å². The van der Waals surface area contributed by atoms with Gasteiger partial charge in [0.1, 0.15) is 0 Å². The lowest BCUT2D eigenvalue weighted by Crippen LogP contribution is -2.29. The Bertz CT molecular complexity index is 767. The van der Waals surface area contributed by atoms with Crippen LogP contribution in [0.4, 0.5) is 11.4 Å². The van der Waals surface area contributed by atoms with E-state index in [9.17, 15) is 14.4 Å². The van der Waals surface area contributed by atoms with Crippen LogP contribution in [0.1, 0.15) is 21.5 Å². The van der Waals surface area contributed by atoms with Crippen molar-refractivity contribution in [3.63, 3.8) is 0 Å². The summed E-state index contributed by atoms with van der Waals surface area (Å²) in [6.07, 6.45) is 0. The maximum atomic E-state index is 12.0. The minimum Gasteiger partial charge on any atom is -0.366 e. The van der Waals surface area contributed by atoms with Crippen molar-refractivity contribution < 1.29 is 14.4 Å². The van der Waals surface area contributed by atoms with Gasteiger partial charge < -0.3 is 16.4 Å². The largest absolute Gasteiger partial charge is 0.366 e. The monoisotopic (exact) mass is 311 g/mol. The van der Waals surface area contributed by atoms with Crippen LogP contribution >= 0.6 is 0 Å². The lowest BCUT2D eigenvalue weighted by molar-refractivity contribution is -0.133. The Morgan fingerprint density at radius 1 is 0.870 bits per heavy atom. The minimum atomic E-state index is -0.794. The van der Waals surface area contributed by atoms with E-state index in [4.69, 9.17) is 5.73 Å². The fraction of sp³-hybridized carbons (Fsp3) is 0.118. The quantitative estimate of drug-likeness (QED) is 0.755. The lowest BCUT2D eigenvalue weighted by atomic mass is 10.1. The highest BCUT2D eigenvalue weighted by atomic mass is 16.2. The Morgan fingerprint density at radius 3 is 2.09 bits per heavy atom. The van der Waals surface area contributed by atoms with Gasteiger partial charge in [-0.15, -0.1) is 0 Å². The number of anilines is 2. The van der Waals surface area contributed by atoms with Crippen molar-refractivity contribution >= 4 is 29.1 Å². The lowest BCUT2D eigenvalue weighted by Gasteiger charge is -2.10. The predicted octanol–water partition coefficient (Wildman–Crippen LogP) is 1.98. The summed E-state index contributed by atoms with van der Waals surface area (Å²) < 4.78 is 0. The molecule has 0 aliphatic heterocycles. The van der Waals surface area contributed by atoms with Gasteiger partial charge in [0.2, 0.25) is 5.91 Å². The zero-order chi connectivity index (χ0) is 17.0. The molecule has 2 aromatic rings. The van der Waals surface area contributed by atoms with Gasteiger partial charge in [-0.2, -0.15) is 0 Å². The molecule has 0 bridgehead atoms. The summed E-state index contributed by atoms with van der Waals surface area (Å²) in [4.78, 5) is 34.9. The first-order valence-corrected chi connectivity index (χ1v) is 6.96. The van der Waals surface area contributed by atoms with Gasteiger partial charge in [0.05, 0.1) is 0 Å². The summed E-state index contributed by atoms with van der Waals surface area (Å²) in [5.41, 5.74) is 8.29. The number of nitrogens with one attached hydrogen (secondary N) is 2. The number of aryl methyl sites for hydroxylation is 2. The van der Waals surface area contributed by atoms with Gasteiger partial charge in [0.25, 0.3) is 0 Å². The first-order valence-electron chi connectivity index (χ1n) is 6.96. The van der Waals surface area contributed by atoms with E-state index in [1.807, 2.05) is 26.0 Å². The minimum absolute atomic E-state index is 0.322. The van der Waals surface area contributed by atoms with Crippen molar-refractivity contribution in [3.05, 3.63) is 59.2 Å². The van der Waals surface area contributed by atoms with Crippen LogP contribution in [0.15, 0.2) is 42.5 Å². The molecule has 4 N–H and O–H groups in total. The van der Waals surface area contributed by atoms with Crippen LogP contribution in [0, 0.1) is 13.8 Å². The molecule has 0 aliphatic carbocycles. The van der Waals surface area contributed by atoms with E-state index >= 15 is 0 Å². The van der Waals surface area contributed by atoms with Gasteiger partial charge in [-0.25, -0.2) is 0 Å². The summed E-state index contributed by atoms with van der Waals surface area (Å²) in [6.45, 7) is 3.74. The molecule has 0 spiro atoms. The fourth-order valence-corrected chi connectivity index (χ4v) is 1.96. The van der Waals surface area contributed by atoms with E-state index < -0.39 is 17.7 Å². The van der Waals surface area contributed by atoms with Crippen LogP contribution in [-0.2, 0) is 9.59 Å². The Kier molecular flexibility index (Phi) is 4.75. The highest BCUT2D eigenvalue weighted by molar-refractivity contribution is 6.43. The summed E-state index contributed by atoms with van der Waals surface area (Å²) in [6, 6.07) is 11.5. The smallest absolute Gasteiger partial charge is 0.314 e. The second-order valence-corrected chi connectivity index (χ2v) is 5.17. The maximum Gasteiger partial charge on any atom is 0.314 e. The zero-order valence-corrected chi connectivity index (χ0v) is 12.8. The Hall–Kier alpha value is -3.15. The highest BCUT2D eigenvalue weighted by Gasteiger charge is 2.15. The average molecular weight is 311 g/mol. The predicted molar refractivity (Wildman–Crippen MR) is 88.1 cm³/mol. The molecule has 0 aliphatic rings. The van der Waals surface area contributed by atoms with E-state index in [1.165, 1.54) is 24.3 Å². The standard InChI is InChI=1S/C17H17N3O3/c1-10-3-4-11(2)14(9-10)20-17(23)16(22)19-13-7-5-12(6-8-13)15(18)21/h3-9H,1-2H3,(H2,18,21)(H,19,22)(H,20,23). The van der Waals surface area contributed by atoms with Crippen molar-refractivity contribution in [2.75, 3.05) is 10.6 Å². The number of primary amides is 1. The molecule has 2 aromatic carbocycles. The SMILES string of the molecule is Cc1ccc(C)c(NC(=O)C(=O)Nc2ccc(C(N)=O)cc2)c1. The third-order valence-corrected chi connectivity index (χ3v) is 3.27. The Morgan fingerprint density at radius 2 is 1.48 bits per heavy atom. The van der Waals surface area contributed by atoms with Gasteiger partial charge >= 0.3 is 11.8 Å². The van der Waals surface area contributed by atoms with Gasteiger partial charge in [0, 0.05) is 16.9 Å². The average Bonchev–Trinajstić information content (AvgIpc) is 2.51. The third-order valence-electron chi connectivity index (χ3n) is 3.27. The molecule has 0 saturated carbocycles. The van der Waals surface area contributed by atoms with Crippen molar-refractivity contribution in [1.29, 1.82) is 0 Å². The topological polar surface area (TPSA) is 101 Å². The number of carbonyl (C=O) groups excluding carboxylic acids is 3. The molecular weight excluding hydrogens is 294 g/mol. The van der Waals surface area contributed by atoms with Crippen LogP contribution in [0.25, 0.3) is 0 Å². The third kappa shape index (κ3) is 4.16. The molecule has 0 heterocycles. The van der Waals surface area contributed by atoms with Crippen molar-refractivity contribution in [1.82, 2.24) is 0 Å². The number of rotatable bonds is 3. The summed E-state index contributed by atoms with van der Waals surface area (Å²) in [7, 11) is 0. The molecule has 6 heteroatoms. The van der Waals surface area contributed by atoms with Crippen LogP contribution < -0.4 is 16.4 Å². The number of benzene rings is 2. The molecule has 6 nitrogen and oxygen atoms in total. The van der Waals surface area contributed by atoms with Gasteiger partial charge in [-0.1, -0.05) is 12.1 Å². The van der Waals surface area contributed by atoms with E-state index in [-0.39, 0.29) is 0 Å². The second-order valence-electron chi connectivity index (χ2n) is 5.17. The Balaban J connectivity index is 2.03. The van der Waals surface area contributed by atoms with E-state index in [1.54, 1.807) is 6.07 Å². The molecule has 0 unspecified atom stereocenters. The second kappa shape index (κ2) is 6.74. The maximum absolute atomic E-state index is 12.0. The molecule has 0 fully saturated rings. The van der Waals surface area contributed by atoms with Gasteiger partial charge in [-0.3, -0.25) is 14.4 Å². The number of nitrogens with two attached hydrogens (primary N) is 1. The number of carbonyl (C=O) groups is 3. The molecule has 2 rings (SSSR count). The number of amides is 3.